The van der Waals surface area contributed by atoms with Crippen molar-refractivity contribution in [2.45, 2.75) is 71.8 Å². The molecule has 35 heavy (non-hydrogen) atoms. The molecule has 3 amide bonds. The van der Waals surface area contributed by atoms with E-state index in [0.717, 1.165) is 67.6 Å². The SMILES string of the molecule is CC(=O)N1CCCc2cc(-c3cccc(NC(=O)C4CCCCC4)c3)ccc21.CC(C)OC(N)=O. The Morgan fingerprint density at radius 1 is 1.00 bits per heavy atom. The molecule has 0 aromatic heterocycles. The monoisotopic (exact) mass is 479 g/mol. The highest BCUT2D eigenvalue weighted by molar-refractivity contribution is 5.94. The smallest absolute Gasteiger partial charge is 0.404 e. The van der Waals surface area contributed by atoms with Gasteiger partial charge in [0, 0.05) is 30.8 Å². The minimum Gasteiger partial charge on any atom is -0.447 e. The molecule has 1 saturated carbocycles. The molecule has 1 heterocycles. The fourth-order valence-corrected chi connectivity index (χ4v) is 4.72. The van der Waals surface area contributed by atoms with Crippen LogP contribution in [0.25, 0.3) is 11.1 Å². The summed E-state index contributed by atoms with van der Waals surface area (Å²) in [6.45, 7) is 5.90. The van der Waals surface area contributed by atoms with Crippen LogP contribution in [-0.4, -0.2) is 30.6 Å². The first kappa shape index (κ1) is 26.3. The van der Waals surface area contributed by atoms with Crippen LogP contribution in [0.15, 0.2) is 42.5 Å². The van der Waals surface area contributed by atoms with Crippen molar-refractivity contribution < 1.29 is 19.1 Å². The first-order valence-corrected chi connectivity index (χ1v) is 12.5. The summed E-state index contributed by atoms with van der Waals surface area (Å²) in [6, 6.07) is 14.4. The van der Waals surface area contributed by atoms with Crippen molar-refractivity contribution in [3.63, 3.8) is 0 Å². The first-order valence-electron chi connectivity index (χ1n) is 12.5. The molecular formula is C28H37N3O4. The van der Waals surface area contributed by atoms with Gasteiger partial charge in [-0.3, -0.25) is 9.59 Å². The molecular weight excluding hydrogens is 442 g/mol. The van der Waals surface area contributed by atoms with Crippen LogP contribution in [0.5, 0.6) is 0 Å². The fourth-order valence-electron chi connectivity index (χ4n) is 4.72. The molecule has 2 aliphatic rings. The standard InChI is InChI=1S/C24H28N2O2.C4H9NO2/c1-17(27)26-14-6-10-21-15-20(12-13-23(21)26)19-9-5-11-22(16-19)25-24(28)18-7-3-2-4-8-18;1-3(2)7-4(5)6/h5,9,11-13,15-16,18H,2-4,6-8,10,14H2,1H3,(H,25,28);3H,1-2H3,(H2,5,6). The lowest BCUT2D eigenvalue weighted by Gasteiger charge is -2.29. The number of nitrogens with one attached hydrogen (secondary N) is 1. The van der Waals surface area contributed by atoms with E-state index in [4.69, 9.17) is 0 Å². The highest BCUT2D eigenvalue weighted by atomic mass is 16.6. The second-order valence-electron chi connectivity index (χ2n) is 9.51. The van der Waals surface area contributed by atoms with Gasteiger partial charge < -0.3 is 20.7 Å². The Bertz CT molecular complexity index is 1040. The summed E-state index contributed by atoms with van der Waals surface area (Å²) in [5.41, 5.74) is 9.95. The molecule has 2 aromatic carbocycles. The molecule has 0 bridgehead atoms. The predicted octanol–water partition coefficient (Wildman–Crippen LogP) is 5.66. The second kappa shape index (κ2) is 12.4. The van der Waals surface area contributed by atoms with Gasteiger partial charge in [0.05, 0.1) is 6.10 Å². The van der Waals surface area contributed by atoms with E-state index in [2.05, 4.69) is 40.1 Å². The molecule has 3 N–H and O–H groups in total. The number of anilines is 2. The van der Waals surface area contributed by atoms with Crippen molar-refractivity contribution in [1.82, 2.24) is 0 Å². The third-order valence-electron chi connectivity index (χ3n) is 6.37. The van der Waals surface area contributed by atoms with E-state index in [1.807, 2.05) is 23.1 Å². The number of benzene rings is 2. The molecule has 0 radical (unpaired) electrons. The molecule has 1 aliphatic heterocycles. The largest absolute Gasteiger partial charge is 0.447 e. The number of carbonyl (C=O) groups excluding carboxylic acids is 3. The topological polar surface area (TPSA) is 102 Å². The number of ether oxygens (including phenoxy) is 1. The van der Waals surface area contributed by atoms with Gasteiger partial charge in [-0.05, 0) is 80.5 Å². The lowest BCUT2D eigenvalue weighted by atomic mass is 9.88. The summed E-state index contributed by atoms with van der Waals surface area (Å²) in [6.07, 6.45) is 6.74. The van der Waals surface area contributed by atoms with Gasteiger partial charge >= 0.3 is 6.09 Å². The number of rotatable bonds is 4. The quantitative estimate of drug-likeness (QED) is 0.590. The maximum absolute atomic E-state index is 12.6. The average molecular weight is 480 g/mol. The predicted molar refractivity (Wildman–Crippen MR) is 139 cm³/mol. The number of nitrogens with two attached hydrogens (primary N) is 1. The zero-order valence-electron chi connectivity index (χ0n) is 21.0. The van der Waals surface area contributed by atoms with Gasteiger partial charge in [0.25, 0.3) is 0 Å². The molecule has 0 unspecified atom stereocenters. The van der Waals surface area contributed by atoms with Crippen LogP contribution in [0.4, 0.5) is 16.2 Å². The Morgan fingerprint density at radius 3 is 2.34 bits per heavy atom. The highest BCUT2D eigenvalue weighted by Gasteiger charge is 2.22. The molecule has 0 spiro atoms. The maximum Gasteiger partial charge on any atom is 0.404 e. The summed E-state index contributed by atoms with van der Waals surface area (Å²) >= 11 is 0. The molecule has 4 rings (SSSR count). The zero-order chi connectivity index (χ0) is 25.4. The number of primary amides is 1. The Balaban J connectivity index is 0.000000429. The number of hydrogen-bond acceptors (Lipinski definition) is 4. The lowest BCUT2D eigenvalue weighted by molar-refractivity contribution is -0.120. The van der Waals surface area contributed by atoms with E-state index < -0.39 is 6.09 Å². The van der Waals surface area contributed by atoms with Gasteiger partial charge in [-0.2, -0.15) is 0 Å². The third-order valence-corrected chi connectivity index (χ3v) is 6.37. The van der Waals surface area contributed by atoms with Crippen molar-refractivity contribution in [2.75, 3.05) is 16.8 Å². The average Bonchev–Trinajstić information content (AvgIpc) is 2.83. The zero-order valence-corrected chi connectivity index (χ0v) is 21.0. The summed E-state index contributed by atoms with van der Waals surface area (Å²) in [5, 5.41) is 3.11. The van der Waals surface area contributed by atoms with Crippen molar-refractivity contribution in [1.29, 1.82) is 0 Å². The minimum atomic E-state index is -0.713. The molecule has 1 aliphatic carbocycles. The van der Waals surface area contributed by atoms with Crippen LogP contribution >= 0.6 is 0 Å². The molecule has 0 saturated heterocycles. The highest BCUT2D eigenvalue weighted by Crippen LogP contribution is 2.33. The minimum absolute atomic E-state index is 0.0983. The van der Waals surface area contributed by atoms with Crippen LogP contribution in [0.2, 0.25) is 0 Å². The Hall–Kier alpha value is -3.35. The first-order chi connectivity index (χ1) is 16.7. The Kier molecular flexibility index (Phi) is 9.29. The van der Waals surface area contributed by atoms with E-state index >= 15 is 0 Å². The van der Waals surface area contributed by atoms with Crippen LogP contribution in [-0.2, 0) is 20.7 Å². The Labute approximate surface area is 208 Å². The summed E-state index contributed by atoms with van der Waals surface area (Å²) in [7, 11) is 0. The number of amides is 3. The summed E-state index contributed by atoms with van der Waals surface area (Å²) < 4.78 is 4.39. The third kappa shape index (κ3) is 7.57. The second-order valence-corrected chi connectivity index (χ2v) is 9.51. The van der Waals surface area contributed by atoms with Gasteiger partial charge in [-0.25, -0.2) is 4.79 Å². The molecule has 7 heteroatoms. The summed E-state index contributed by atoms with van der Waals surface area (Å²) in [4.78, 5) is 36.1. The molecule has 7 nitrogen and oxygen atoms in total. The Morgan fingerprint density at radius 2 is 1.71 bits per heavy atom. The van der Waals surface area contributed by atoms with Crippen molar-refractivity contribution >= 4 is 29.3 Å². The molecule has 2 aromatic rings. The number of carbonyl (C=O) groups is 3. The van der Waals surface area contributed by atoms with Gasteiger partial charge in [-0.1, -0.05) is 37.5 Å². The van der Waals surface area contributed by atoms with E-state index in [-0.39, 0.29) is 23.8 Å². The molecule has 188 valence electrons. The van der Waals surface area contributed by atoms with E-state index in [9.17, 15) is 14.4 Å². The normalized spacial score (nSPS) is 15.5. The van der Waals surface area contributed by atoms with Gasteiger partial charge in [-0.15, -0.1) is 0 Å². The lowest BCUT2D eigenvalue weighted by Crippen LogP contribution is -2.33. The number of nitrogens with zero attached hydrogens (tertiary/aromatic N) is 1. The number of aryl methyl sites for hydroxylation is 1. The number of hydrogen-bond donors (Lipinski definition) is 2. The fraction of sp³-hybridized carbons (Fsp3) is 0.464. The van der Waals surface area contributed by atoms with E-state index in [1.165, 1.54) is 12.0 Å². The molecule has 0 atom stereocenters. The molecule has 1 fully saturated rings. The van der Waals surface area contributed by atoms with Crippen LogP contribution in [0.3, 0.4) is 0 Å². The van der Waals surface area contributed by atoms with Crippen molar-refractivity contribution in [2.24, 2.45) is 11.7 Å². The number of fused-ring (bicyclic) bond motifs is 1. The van der Waals surface area contributed by atoms with Gasteiger partial charge in [0.2, 0.25) is 11.8 Å². The van der Waals surface area contributed by atoms with Crippen molar-refractivity contribution in [3.8, 4) is 11.1 Å². The van der Waals surface area contributed by atoms with Gasteiger partial charge in [0.15, 0.2) is 0 Å². The van der Waals surface area contributed by atoms with Gasteiger partial charge in [0.1, 0.15) is 0 Å². The van der Waals surface area contributed by atoms with Crippen molar-refractivity contribution in [3.05, 3.63) is 48.0 Å². The van der Waals surface area contributed by atoms with Crippen LogP contribution < -0.4 is 16.0 Å². The van der Waals surface area contributed by atoms with E-state index in [1.54, 1.807) is 20.8 Å². The summed E-state index contributed by atoms with van der Waals surface area (Å²) in [5.74, 6) is 0.402. The van der Waals surface area contributed by atoms with Crippen LogP contribution in [0.1, 0.15) is 64.9 Å². The maximum atomic E-state index is 12.6. The van der Waals surface area contributed by atoms with Crippen LogP contribution in [0, 0.1) is 5.92 Å². The van der Waals surface area contributed by atoms with E-state index in [0.29, 0.717) is 0 Å².